The Morgan fingerprint density at radius 1 is 1.21 bits per heavy atom. The highest BCUT2D eigenvalue weighted by Gasteiger charge is 2.27. The molecular weight excluding hydrogens is 240 g/mol. The molecule has 0 radical (unpaired) electrons. The summed E-state index contributed by atoms with van der Waals surface area (Å²) in [5, 5.41) is 0. The van der Waals surface area contributed by atoms with Crippen LogP contribution >= 0.6 is 0 Å². The summed E-state index contributed by atoms with van der Waals surface area (Å²) in [5.41, 5.74) is 7.30. The molecule has 0 unspecified atom stereocenters. The molecule has 0 saturated heterocycles. The fourth-order valence-electron chi connectivity index (χ4n) is 2.57. The minimum absolute atomic E-state index is 0.0472. The van der Waals surface area contributed by atoms with Gasteiger partial charge in [0, 0.05) is 24.7 Å². The van der Waals surface area contributed by atoms with Crippen LogP contribution in [-0.2, 0) is 0 Å². The first kappa shape index (κ1) is 15.8. The molecule has 1 heterocycles. The summed E-state index contributed by atoms with van der Waals surface area (Å²) in [4.78, 5) is 14.7. The van der Waals surface area contributed by atoms with Gasteiger partial charge in [0.25, 0.3) is 5.91 Å². The molecule has 0 aliphatic carbocycles. The maximum atomic E-state index is 12.8. The number of furan rings is 1. The van der Waals surface area contributed by atoms with Crippen molar-refractivity contribution in [2.75, 3.05) is 13.1 Å². The lowest BCUT2D eigenvalue weighted by molar-refractivity contribution is 0.0672. The lowest BCUT2D eigenvalue weighted by Gasteiger charge is -2.30. The quantitative estimate of drug-likeness (QED) is 0.861. The van der Waals surface area contributed by atoms with Crippen LogP contribution in [0.25, 0.3) is 0 Å². The summed E-state index contributed by atoms with van der Waals surface area (Å²) < 4.78 is 5.56. The summed E-state index contributed by atoms with van der Waals surface area (Å²) >= 11 is 0. The van der Waals surface area contributed by atoms with Gasteiger partial charge in [0.1, 0.15) is 11.5 Å². The molecule has 2 N–H and O–H groups in total. The second-order valence-corrected chi connectivity index (χ2v) is 4.97. The standard InChI is InChI=1S/C15H26N2O2/c1-6-13(7-2)17(9-8-16)15(18)14-10(3)11(4)19-12(14)5/h13H,6-9,16H2,1-5H3. The molecule has 0 aromatic carbocycles. The van der Waals surface area contributed by atoms with Crippen LogP contribution in [0.5, 0.6) is 0 Å². The normalized spacial score (nSPS) is 11.1. The van der Waals surface area contributed by atoms with Crippen LogP contribution < -0.4 is 5.73 Å². The van der Waals surface area contributed by atoms with Gasteiger partial charge in [-0.2, -0.15) is 0 Å². The van der Waals surface area contributed by atoms with Gasteiger partial charge in [-0.15, -0.1) is 0 Å². The molecule has 19 heavy (non-hydrogen) atoms. The Labute approximate surface area is 116 Å². The topological polar surface area (TPSA) is 59.5 Å². The van der Waals surface area contributed by atoms with Crippen LogP contribution in [0.1, 0.15) is 54.1 Å². The van der Waals surface area contributed by atoms with Crippen molar-refractivity contribution in [1.29, 1.82) is 0 Å². The molecule has 0 aliphatic rings. The zero-order chi connectivity index (χ0) is 14.6. The number of hydrogen-bond donors (Lipinski definition) is 1. The summed E-state index contributed by atoms with van der Waals surface area (Å²) in [5.74, 6) is 1.57. The minimum atomic E-state index is 0.0472. The lowest BCUT2D eigenvalue weighted by atomic mass is 10.1. The highest BCUT2D eigenvalue weighted by atomic mass is 16.3. The molecule has 1 aromatic heterocycles. The van der Waals surface area contributed by atoms with Crippen LogP contribution in [-0.4, -0.2) is 29.9 Å². The van der Waals surface area contributed by atoms with Crippen LogP contribution in [0.2, 0.25) is 0 Å². The first-order chi connectivity index (χ1) is 8.97. The molecule has 0 bridgehead atoms. The molecule has 0 aliphatic heterocycles. The molecule has 1 rings (SSSR count). The summed E-state index contributed by atoms with van der Waals surface area (Å²) in [7, 11) is 0. The van der Waals surface area contributed by atoms with Crippen molar-refractivity contribution in [2.24, 2.45) is 5.73 Å². The van der Waals surface area contributed by atoms with Crippen molar-refractivity contribution in [3.8, 4) is 0 Å². The number of nitrogens with zero attached hydrogens (tertiary/aromatic N) is 1. The van der Waals surface area contributed by atoms with Crippen LogP contribution in [0.4, 0.5) is 0 Å². The highest BCUT2D eigenvalue weighted by Crippen LogP contribution is 2.24. The van der Waals surface area contributed by atoms with Crippen molar-refractivity contribution >= 4 is 5.91 Å². The Kier molecular flexibility index (Phi) is 5.60. The summed E-state index contributed by atoms with van der Waals surface area (Å²) in [6.07, 6.45) is 1.88. The molecule has 0 atom stereocenters. The second kappa shape index (κ2) is 6.75. The van der Waals surface area contributed by atoms with E-state index in [9.17, 15) is 4.79 Å². The lowest BCUT2D eigenvalue weighted by Crippen LogP contribution is -2.43. The van der Waals surface area contributed by atoms with E-state index in [1.54, 1.807) is 0 Å². The average molecular weight is 266 g/mol. The molecular formula is C15H26N2O2. The van der Waals surface area contributed by atoms with Crippen molar-refractivity contribution < 1.29 is 9.21 Å². The molecule has 4 nitrogen and oxygen atoms in total. The van der Waals surface area contributed by atoms with Gasteiger partial charge in [-0.1, -0.05) is 13.8 Å². The summed E-state index contributed by atoms with van der Waals surface area (Å²) in [6, 6.07) is 0.241. The predicted molar refractivity (Wildman–Crippen MR) is 77.4 cm³/mol. The zero-order valence-corrected chi connectivity index (χ0v) is 12.7. The predicted octanol–water partition coefficient (Wildman–Crippen LogP) is 2.79. The number of carbonyl (C=O) groups excluding carboxylic acids is 1. The minimum Gasteiger partial charge on any atom is -0.466 e. The van der Waals surface area contributed by atoms with Gasteiger partial charge >= 0.3 is 0 Å². The SMILES string of the molecule is CCC(CC)N(CCN)C(=O)c1c(C)oc(C)c1C. The van der Waals surface area contributed by atoms with Gasteiger partial charge in [0.15, 0.2) is 0 Å². The third kappa shape index (κ3) is 3.18. The molecule has 0 fully saturated rings. The Morgan fingerprint density at radius 2 is 1.79 bits per heavy atom. The van der Waals surface area contributed by atoms with Crippen LogP contribution in [0, 0.1) is 20.8 Å². The van der Waals surface area contributed by atoms with Crippen molar-refractivity contribution in [1.82, 2.24) is 4.90 Å². The summed E-state index contributed by atoms with van der Waals surface area (Å²) in [6.45, 7) is 11.0. The maximum absolute atomic E-state index is 12.8. The molecule has 1 amide bonds. The van der Waals surface area contributed by atoms with E-state index in [0.29, 0.717) is 24.4 Å². The Hall–Kier alpha value is -1.29. The molecule has 108 valence electrons. The van der Waals surface area contributed by atoms with Crippen molar-refractivity contribution in [3.05, 3.63) is 22.6 Å². The van der Waals surface area contributed by atoms with E-state index in [0.717, 1.165) is 24.2 Å². The van der Waals surface area contributed by atoms with Gasteiger partial charge < -0.3 is 15.1 Å². The third-order valence-electron chi connectivity index (χ3n) is 3.79. The smallest absolute Gasteiger partial charge is 0.257 e. The van der Waals surface area contributed by atoms with Crippen LogP contribution in [0.15, 0.2) is 4.42 Å². The van der Waals surface area contributed by atoms with Crippen molar-refractivity contribution in [3.63, 3.8) is 0 Å². The van der Waals surface area contributed by atoms with Gasteiger partial charge in [-0.05, 0) is 33.6 Å². The highest BCUT2D eigenvalue weighted by molar-refractivity contribution is 5.97. The largest absolute Gasteiger partial charge is 0.466 e. The van der Waals surface area contributed by atoms with Gasteiger partial charge in [-0.25, -0.2) is 0 Å². The number of nitrogens with two attached hydrogens (primary N) is 1. The van der Waals surface area contributed by atoms with Gasteiger partial charge in [0.05, 0.1) is 5.56 Å². The van der Waals surface area contributed by atoms with Crippen molar-refractivity contribution in [2.45, 2.75) is 53.5 Å². The van der Waals surface area contributed by atoms with E-state index in [-0.39, 0.29) is 11.9 Å². The number of carbonyl (C=O) groups is 1. The molecule has 1 aromatic rings. The van der Waals surface area contributed by atoms with Crippen LogP contribution in [0.3, 0.4) is 0 Å². The number of amides is 1. The van der Waals surface area contributed by atoms with E-state index in [1.165, 1.54) is 0 Å². The zero-order valence-electron chi connectivity index (χ0n) is 12.7. The Balaban J connectivity index is 3.12. The van der Waals surface area contributed by atoms with Gasteiger partial charge in [-0.3, -0.25) is 4.79 Å². The third-order valence-corrected chi connectivity index (χ3v) is 3.79. The number of hydrogen-bond acceptors (Lipinski definition) is 3. The molecule has 0 spiro atoms. The average Bonchev–Trinajstić information content (AvgIpc) is 2.63. The molecule has 0 saturated carbocycles. The van der Waals surface area contributed by atoms with E-state index in [2.05, 4.69) is 13.8 Å². The fourth-order valence-corrected chi connectivity index (χ4v) is 2.57. The van der Waals surface area contributed by atoms with E-state index in [1.807, 2.05) is 25.7 Å². The van der Waals surface area contributed by atoms with Gasteiger partial charge in [0.2, 0.25) is 0 Å². The number of rotatable bonds is 6. The number of aryl methyl sites for hydroxylation is 2. The van der Waals surface area contributed by atoms with E-state index >= 15 is 0 Å². The fraction of sp³-hybridized carbons (Fsp3) is 0.667. The van der Waals surface area contributed by atoms with E-state index in [4.69, 9.17) is 10.2 Å². The Bertz CT molecular complexity index is 434. The second-order valence-electron chi connectivity index (χ2n) is 4.97. The first-order valence-corrected chi connectivity index (χ1v) is 7.05. The maximum Gasteiger partial charge on any atom is 0.257 e. The first-order valence-electron chi connectivity index (χ1n) is 7.05. The van der Waals surface area contributed by atoms with E-state index < -0.39 is 0 Å². The molecule has 4 heteroatoms. The Morgan fingerprint density at radius 3 is 2.16 bits per heavy atom. The monoisotopic (exact) mass is 266 g/mol.